The molecule has 1 aliphatic carbocycles. The zero-order chi connectivity index (χ0) is 29.2. The van der Waals surface area contributed by atoms with Crippen molar-refractivity contribution in [1.82, 2.24) is 19.9 Å². The van der Waals surface area contributed by atoms with E-state index in [9.17, 15) is 10.1 Å². The summed E-state index contributed by atoms with van der Waals surface area (Å²) in [4.78, 5) is 25.5. The average molecular weight is 576 g/mol. The lowest BCUT2D eigenvalue weighted by Gasteiger charge is -2.43. The number of piperidine rings is 1. The van der Waals surface area contributed by atoms with Crippen molar-refractivity contribution in [1.29, 1.82) is 5.26 Å². The minimum Gasteiger partial charge on any atom is -0.361 e. The quantitative estimate of drug-likeness (QED) is 0.294. The van der Waals surface area contributed by atoms with Gasteiger partial charge in [-0.2, -0.15) is 5.26 Å². The summed E-state index contributed by atoms with van der Waals surface area (Å²) in [5.74, 6) is 0.758. The fourth-order valence-electron chi connectivity index (χ4n) is 5.92. The van der Waals surface area contributed by atoms with Gasteiger partial charge in [0.1, 0.15) is 18.6 Å². The zero-order valence-corrected chi connectivity index (χ0v) is 26.3. The largest absolute Gasteiger partial charge is 0.361 e. The van der Waals surface area contributed by atoms with Gasteiger partial charge in [0, 0.05) is 46.1 Å². The van der Waals surface area contributed by atoms with E-state index in [1.807, 2.05) is 12.1 Å². The number of carbonyl (C=O) groups is 1. The second-order valence-corrected chi connectivity index (χ2v) is 19.5. The van der Waals surface area contributed by atoms with E-state index in [-0.39, 0.29) is 29.6 Å². The van der Waals surface area contributed by atoms with E-state index in [2.05, 4.69) is 66.2 Å². The van der Waals surface area contributed by atoms with Crippen molar-refractivity contribution < 1.29 is 9.53 Å². The summed E-state index contributed by atoms with van der Waals surface area (Å²) in [6.45, 7) is 14.2. The van der Waals surface area contributed by atoms with Gasteiger partial charge in [0.2, 0.25) is 5.82 Å². The molecular formula is C31H45N7O2Si. The molecule has 3 aliphatic rings. The minimum absolute atomic E-state index is 0.165. The molecule has 2 fully saturated rings. The molecule has 10 heteroatoms. The highest BCUT2D eigenvalue weighted by molar-refractivity contribution is 6.76. The van der Waals surface area contributed by atoms with Crippen LogP contribution in [0.3, 0.4) is 0 Å². The Morgan fingerprint density at radius 2 is 1.98 bits per heavy atom. The molecule has 2 saturated heterocycles. The summed E-state index contributed by atoms with van der Waals surface area (Å²) in [7, 11) is -1.24. The Hall–Kier alpha value is -3.00. The van der Waals surface area contributed by atoms with Gasteiger partial charge in [-0.25, -0.2) is 9.97 Å². The molecule has 2 N–H and O–H groups in total. The zero-order valence-electron chi connectivity index (χ0n) is 25.3. The summed E-state index contributed by atoms with van der Waals surface area (Å²) in [6, 6.07) is 8.10. The van der Waals surface area contributed by atoms with Crippen LogP contribution < -0.4 is 15.5 Å². The van der Waals surface area contributed by atoms with Crippen molar-refractivity contribution in [3.05, 3.63) is 41.6 Å². The fourth-order valence-corrected chi connectivity index (χ4v) is 6.68. The molecule has 4 heterocycles. The standard InChI is InChI=1S/C31H45N7O2Si/c1-31(2)13-11-22(12-14-31)28-26(9-10-27(36-28)37-18-23-7-6-8-24(19-37)33-23)35-30(39)29-34-25(17-32)20-38(29)21-40-15-16-41(3,4)5/h9-11,20,23-24,33H,6-8,12-16,18-19,21H2,1-5H3,(H,35,39). The molecule has 0 radical (unpaired) electrons. The number of allylic oxidation sites excluding steroid dienone is 2. The number of hydrogen-bond donors (Lipinski definition) is 2. The Balaban J connectivity index is 1.39. The number of ether oxygens (including phenoxy) is 1. The number of amides is 1. The summed E-state index contributed by atoms with van der Waals surface area (Å²) in [6.07, 6.45) is 10.5. The second kappa shape index (κ2) is 12.1. The number of nitrogens with zero attached hydrogens (tertiary/aromatic N) is 5. The number of anilines is 2. The maximum absolute atomic E-state index is 13.6. The monoisotopic (exact) mass is 575 g/mol. The summed E-state index contributed by atoms with van der Waals surface area (Å²) < 4.78 is 7.51. The molecule has 2 bridgehead atoms. The number of piperazine rings is 1. The Morgan fingerprint density at radius 3 is 2.63 bits per heavy atom. The van der Waals surface area contributed by atoms with E-state index in [0.717, 1.165) is 49.9 Å². The Bertz CT molecular complexity index is 1320. The third-order valence-corrected chi connectivity index (χ3v) is 10.2. The minimum atomic E-state index is -1.24. The van der Waals surface area contributed by atoms with E-state index < -0.39 is 8.07 Å². The van der Waals surface area contributed by atoms with Crippen LogP contribution in [0.4, 0.5) is 11.5 Å². The summed E-state index contributed by atoms with van der Waals surface area (Å²) in [5.41, 5.74) is 3.13. The highest BCUT2D eigenvalue weighted by Crippen LogP contribution is 2.40. The van der Waals surface area contributed by atoms with Gasteiger partial charge in [-0.3, -0.25) is 4.79 Å². The first kappa shape index (κ1) is 29.5. The number of aromatic nitrogens is 3. The molecule has 2 aliphatic heterocycles. The highest BCUT2D eigenvalue weighted by Gasteiger charge is 2.31. The molecule has 0 saturated carbocycles. The first-order valence-corrected chi connectivity index (χ1v) is 18.8. The van der Waals surface area contributed by atoms with Crippen LogP contribution in [0.1, 0.15) is 74.4 Å². The highest BCUT2D eigenvalue weighted by atomic mass is 28.3. The lowest BCUT2D eigenvalue weighted by Crippen LogP contribution is -2.59. The third kappa shape index (κ3) is 7.45. The molecular weight excluding hydrogens is 530 g/mol. The first-order valence-electron chi connectivity index (χ1n) is 15.1. The number of nitriles is 1. The average Bonchev–Trinajstić information content (AvgIpc) is 3.34. The van der Waals surface area contributed by atoms with Crippen molar-refractivity contribution in [3.63, 3.8) is 0 Å². The lowest BCUT2D eigenvalue weighted by atomic mass is 9.77. The molecule has 2 unspecified atom stereocenters. The van der Waals surface area contributed by atoms with Crippen LogP contribution in [-0.2, 0) is 11.5 Å². The Morgan fingerprint density at radius 1 is 1.22 bits per heavy atom. The number of imidazole rings is 1. The van der Waals surface area contributed by atoms with E-state index in [0.29, 0.717) is 24.4 Å². The molecule has 2 aromatic rings. The van der Waals surface area contributed by atoms with Crippen molar-refractivity contribution >= 4 is 31.1 Å². The van der Waals surface area contributed by atoms with Crippen molar-refractivity contribution in [2.24, 2.45) is 5.41 Å². The van der Waals surface area contributed by atoms with Crippen LogP contribution >= 0.6 is 0 Å². The van der Waals surface area contributed by atoms with Gasteiger partial charge in [-0.15, -0.1) is 0 Å². The second-order valence-electron chi connectivity index (χ2n) is 13.9. The van der Waals surface area contributed by atoms with Gasteiger partial charge >= 0.3 is 0 Å². The van der Waals surface area contributed by atoms with Crippen LogP contribution in [0.5, 0.6) is 0 Å². The number of rotatable bonds is 9. The van der Waals surface area contributed by atoms with Crippen LogP contribution in [0.2, 0.25) is 25.7 Å². The number of nitrogens with one attached hydrogen (secondary N) is 2. The molecule has 0 spiro atoms. The SMILES string of the molecule is CC1(C)CC=C(c2nc(N3CC4CCCC(C3)N4)ccc2NC(=O)c2nc(C#N)cn2COCC[Si](C)(C)C)CC1. The van der Waals surface area contributed by atoms with Gasteiger partial charge in [-0.05, 0) is 61.3 Å². The summed E-state index contributed by atoms with van der Waals surface area (Å²) >= 11 is 0. The van der Waals surface area contributed by atoms with Crippen LogP contribution in [0.15, 0.2) is 24.4 Å². The molecule has 0 aromatic carbocycles. The first-order chi connectivity index (χ1) is 19.5. The third-order valence-electron chi connectivity index (χ3n) is 8.51. The van der Waals surface area contributed by atoms with Crippen LogP contribution in [0.25, 0.3) is 5.57 Å². The maximum Gasteiger partial charge on any atom is 0.291 e. The topological polar surface area (TPSA) is 108 Å². The van der Waals surface area contributed by atoms with Crippen molar-refractivity contribution in [2.75, 3.05) is 29.9 Å². The molecule has 1 amide bonds. The molecule has 2 atom stereocenters. The van der Waals surface area contributed by atoms with E-state index >= 15 is 0 Å². The lowest BCUT2D eigenvalue weighted by molar-refractivity contribution is 0.0808. The molecule has 220 valence electrons. The fraction of sp³-hybridized carbons (Fsp3) is 0.613. The molecule has 5 rings (SSSR count). The number of fused-ring (bicyclic) bond motifs is 2. The van der Waals surface area contributed by atoms with E-state index in [1.54, 1.807) is 10.8 Å². The molecule has 9 nitrogen and oxygen atoms in total. The molecule has 41 heavy (non-hydrogen) atoms. The molecule has 2 aromatic heterocycles. The maximum atomic E-state index is 13.6. The van der Waals surface area contributed by atoms with Crippen LogP contribution in [0, 0.1) is 16.7 Å². The van der Waals surface area contributed by atoms with E-state index in [4.69, 9.17) is 9.72 Å². The normalized spacial score (nSPS) is 22.1. The van der Waals surface area contributed by atoms with Gasteiger partial charge in [0.05, 0.1) is 11.4 Å². The number of carbonyl (C=O) groups excluding carboxylic acids is 1. The van der Waals surface area contributed by atoms with Crippen LogP contribution in [-0.4, -0.2) is 60.3 Å². The van der Waals surface area contributed by atoms with Gasteiger partial charge in [-0.1, -0.05) is 46.0 Å². The Kier molecular flexibility index (Phi) is 8.69. The van der Waals surface area contributed by atoms with Crippen molar-refractivity contribution in [2.45, 2.75) is 96.9 Å². The number of hydrogen-bond acceptors (Lipinski definition) is 7. The predicted octanol–water partition coefficient (Wildman–Crippen LogP) is 5.64. The van der Waals surface area contributed by atoms with Crippen molar-refractivity contribution in [3.8, 4) is 6.07 Å². The van der Waals surface area contributed by atoms with Gasteiger partial charge in [0.25, 0.3) is 5.91 Å². The smallest absolute Gasteiger partial charge is 0.291 e. The predicted molar refractivity (Wildman–Crippen MR) is 166 cm³/mol. The summed E-state index contributed by atoms with van der Waals surface area (Å²) in [5, 5.41) is 16.3. The van der Waals surface area contributed by atoms with Gasteiger partial charge < -0.3 is 24.8 Å². The number of pyridine rings is 1. The Labute approximate surface area is 245 Å². The van der Waals surface area contributed by atoms with Gasteiger partial charge in [0.15, 0.2) is 5.69 Å². The van der Waals surface area contributed by atoms with E-state index in [1.165, 1.54) is 24.8 Å².